The molecule has 0 aromatic heterocycles. The molecule has 2 unspecified atom stereocenters. The first kappa shape index (κ1) is 16.6. The van der Waals surface area contributed by atoms with E-state index in [9.17, 15) is 0 Å². The third kappa shape index (κ3) is 4.37. The molecule has 1 aliphatic heterocycles. The third-order valence-corrected chi connectivity index (χ3v) is 5.08. The monoisotopic (exact) mass is 308 g/mol. The van der Waals surface area contributed by atoms with Gasteiger partial charge in [-0.25, -0.2) is 0 Å². The molecule has 1 heterocycles. The Balaban J connectivity index is 2.17. The Bertz CT molecular complexity index is 447. The molecule has 2 atom stereocenters. The van der Waals surface area contributed by atoms with Crippen molar-refractivity contribution >= 4 is 17.3 Å². The van der Waals surface area contributed by atoms with Crippen molar-refractivity contribution in [2.24, 2.45) is 5.73 Å². The summed E-state index contributed by atoms with van der Waals surface area (Å²) in [4.78, 5) is 2.56. The van der Waals surface area contributed by atoms with Crippen molar-refractivity contribution < 1.29 is 0 Å². The summed E-state index contributed by atoms with van der Waals surface area (Å²) in [6.45, 7) is 5.57. The van der Waals surface area contributed by atoms with Crippen molar-refractivity contribution in [2.75, 3.05) is 11.4 Å². The fraction of sp³-hybridized carbons (Fsp3) is 0.667. The number of halogens is 1. The summed E-state index contributed by atoms with van der Waals surface area (Å²) in [5.74, 6) is 0. The first-order chi connectivity index (χ1) is 10.2. The van der Waals surface area contributed by atoms with E-state index in [1.807, 2.05) is 0 Å². The van der Waals surface area contributed by atoms with Crippen LogP contribution in [0.5, 0.6) is 0 Å². The van der Waals surface area contributed by atoms with Gasteiger partial charge < -0.3 is 10.6 Å². The highest BCUT2D eigenvalue weighted by Gasteiger charge is 2.20. The summed E-state index contributed by atoms with van der Waals surface area (Å²) in [5.41, 5.74) is 8.51. The summed E-state index contributed by atoms with van der Waals surface area (Å²) in [6.07, 6.45) is 8.36. The molecule has 1 saturated heterocycles. The predicted octanol–water partition coefficient (Wildman–Crippen LogP) is 4.78. The number of anilines is 1. The lowest BCUT2D eigenvalue weighted by Gasteiger charge is -2.32. The molecule has 2 nitrogen and oxygen atoms in total. The molecule has 2 N–H and O–H groups in total. The van der Waals surface area contributed by atoms with Gasteiger partial charge in [0, 0.05) is 29.3 Å². The van der Waals surface area contributed by atoms with E-state index in [0.717, 1.165) is 24.4 Å². The lowest BCUT2D eigenvalue weighted by Crippen LogP contribution is -2.34. The SMILES string of the molecule is CCC(N)Cc1ccc(N2CCCCCC2CC)cc1Cl. The highest BCUT2D eigenvalue weighted by Crippen LogP contribution is 2.30. The van der Waals surface area contributed by atoms with E-state index in [4.69, 9.17) is 17.3 Å². The van der Waals surface area contributed by atoms with Crippen LogP contribution >= 0.6 is 11.6 Å². The van der Waals surface area contributed by atoms with E-state index in [-0.39, 0.29) is 6.04 Å². The second kappa shape index (κ2) is 8.05. The van der Waals surface area contributed by atoms with E-state index in [0.29, 0.717) is 6.04 Å². The average Bonchev–Trinajstić information content (AvgIpc) is 2.74. The number of benzene rings is 1. The van der Waals surface area contributed by atoms with E-state index in [1.165, 1.54) is 43.4 Å². The maximum absolute atomic E-state index is 6.50. The van der Waals surface area contributed by atoms with Crippen molar-refractivity contribution in [3.63, 3.8) is 0 Å². The second-order valence-corrected chi connectivity index (χ2v) is 6.66. The molecule has 0 saturated carbocycles. The first-order valence-electron chi connectivity index (χ1n) is 8.46. The van der Waals surface area contributed by atoms with Gasteiger partial charge in [0.05, 0.1) is 0 Å². The summed E-state index contributed by atoms with van der Waals surface area (Å²) in [6, 6.07) is 7.41. The van der Waals surface area contributed by atoms with Crippen molar-refractivity contribution in [1.29, 1.82) is 0 Å². The van der Waals surface area contributed by atoms with E-state index in [1.54, 1.807) is 0 Å². The molecule has 3 heteroatoms. The molecule has 0 bridgehead atoms. The van der Waals surface area contributed by atoms with Crippen LogP contribution in [0, 0.1) is 0 Å². The first-order valence-corrected chi connectivity index (χ1v) is 8.84. The van der Waals surface area contributed by atoms with E-state index < -0.39 is 0 Å². The lowest BCUT2D eigenvalue weighted by atomic mass is 10.0. The van der Waals surface area contributed by atoms with Gasteiger partial charge >= 0.3 is 0 Å². The molecule has 118 valence electrons. The van der Waals surface area contributed by atoms with Gasteiger partial charge in [-0.15, -0.1) is 0 Å². The maximum Gasteiger partial charge on any atom is 0.0459 e. The number of nitrogens with two attached hydrogens (primary N) is 1. The minimum absolute atomic E-state index is 0.204. The summed E-state index contributed by atoms with van der Waals surface area (Å²) in [7, 11) is 0. The zero-order valence-corrected chi connectivity index (χ0v) is 14.2. The second-order valence-electron chi connectivity index (χ2n) is 6.25. The highest BCUT2D eigenvalue weighted by molar-refractivity contribution is 6.31. The van der Waals surface area contributed by atoms with Gasteiger partial charge in [0.2, 0.25) is 0 Å². The molecule has 1 aliphatic rings. The van der Waals surface area contributed by atoms with Crippen LogP contribution in [-0.2, 0) is 6.42 Å². The molecule has 1 aromatic carbocycles. The maximum atomic E-state index is 6.50. The van der Waals surface area contributed by atoms with Crippen molar-refractivity contribution in [3.05, 3.63) is 28.8 Å². The Morgan fingerprint density at radius 1 is 1.29 bits per heavy atom. The van der Waals surface area contributed by atoms with E-state index in [2.05, 4.69) is 36.9 Å². The smallest absolute Gasteiger partial charge is 0.0459 e. The molecule has 0 aliphatic carbocycles. The molecule has 2 rings (SSSR count). The standard InChI is InChI=1S/C18H29ClN2/c1-3-15(20)12-14-9-10-17(13-18(14)19)21-11-7-5-6-8-16(21)4-2/h9-10,13,15-16H,3-8,11-12,20H2,1-2H3. The van der Waals surface area contributed by atoms with Crippen LogP contribution in [0.15, 0.2) is 18.2 Å². The molecule has 0 radical (unpaired) electrons. The quantitative estimate of drug-likeness (QED) is 0.848. The van der Waals surface area contributed by atoms with Crippen LogP contribution in [0.1, 0.15) is 57.9 Å². The van der Waals surface area contributed by atoms with Gasteiger partial charge in [-0.05, 0) is 49.8 Å². The summed E-state index contributed by atoms with van der Waals surface area (Å²) < 4.78 is 0. The van der Waals surface area contributed by atoms with Crippen LogP contribution in [0.3, 0.4) is 0 Å². The van der Waals surface area contributed by atoms with Crippen LogP contribution in [0.2, 0.25) is 5.02 Å². The lowest BCUT2D eigenvalue weighted by molar-refractivity contribution is 0.556. The Hall–Kier alpha value is -0.730. The molecule has 0 amide bonds. The number of rotatable bonds is 5. The van der Waals surface area contributed by atoms with Crippen LogP contribution in [0.4, 0.5) is 5.69 Å². The van der Waals surface area contributed by atoms with Crippen LogP contribution in [-0.4, -0.2) is 18.6 Å². The summed E-state index contributed by atoms with van der Waals surface area (Å²) >= 11 is 6.50. The molecule has 1 aromatic rings. The Labute approximate surface area is 134 Å². The predicted molar refractivity (Wildman–Crippen MR) is 93.3 cm³/mol. The molecule has 21 heavy (non-hydrogen) atoms. The minimum atomic E-state index is 0.204. The van der Waals surface area contributed by atoms with Crippen molar-refractivity contribution in [1.82, 2.24) is 0 Å². The Morgan fingerprint density at radius 2 is 2.10 bits per heavy atom. The van der Waals surface area contributed by atoms with Gasteiger partial charge in [-0.2, -0.15) is 0 Å². The normalized spacial score (nSPS) is 21.1. The molecular weight excluding hydrogens is 280 g/mol. The third-order valence-electron chi connectivity index (χ3n) is 4.72. The number of hydrogen-bond acceptors (Lipinski definition) is 2. The molecular formula is C18H29ClN2. The van der Waals surface area contributed by atoms with Gasteiger partial charge in [0.1, 0.15) is 0 Å². The topological polar surface area (TPSA) is 29.3 Å². The zero-order valence-electron chi connectivity index (χ0n) is 13.4. The average molecular weight is 309 g/mol. The Kier molecular flexibility index (Phi) is 6.38. The van der Waals surface area contributed by atoms with Crippen molar-refractivity contribution in [3.8, 4) is 0 Å². The molecule has 1 fully saturated rings. The van der Waals surface area contributed by atoms with Gasteiger partial charge in [-0.3, -0.25) is 0 Å². The number of nitrogens with zero attached hydrogens (tertiary/aromatic N) is 1. The largest absolute Gasteiger partial charge is 0.369 e. The summed E-state index contributed by atoms with van der Waals surface area (Å²) in [5, 5.41) is 0.871. The van der Waals surface area contributed by atoms with Gasteiger partial charge in [0.15, 0.2) is 0 Å². The minimum Gasteiger partial charge on any atom is -0.369 e. The van der Waals surface area contributed by atoms with Gasteiger partial charge in [0.25, 0.3) is 0 Å². The fourth-order valence-electron chi connectivity index (χ4n) is 3.25. The van der Waals surface area contributed by atoms with Crippen LogP contribution < -0.4 is 10.6 Å². The molecule has 0 spiro atoms. The zero-order chi connectivity index (χ0) is 15.2. The van der Waals surface area contributed by atoms with E-state index >= 15 is 0 Å². The number of hydrogen-bond donors (Lipinski definition) is 1. The fourth-order valence-corrected chi connectivity index (χ4v) is 3.50. The van der Waals surface area contributed by atoms with Gasteiger partial charge in [-0.1, -0.05) is 44.4 Å². The van der Waals surface area contributed by atoms with Crippen molar-refractivity contribution in [2.45, 2.75) is 70.9 Å². The highest BCUT2D eigenvalue weighted by atomic mass is 35.5. The Morgan fingerprint density at radius 3 is 2.76 bits per heavy atom. The van der Waals surface area contributed by atoms with Crippen LogP contribution in [0.25, 0.3) is 0 Å².